The molecule has 2 aromatic heterocycles. The number of carbonyl (C=O) groups excluding carboxylic acids is 1. The number of thioether (sulfide) groups is 1. The number of carbonyl (C=O) groups is 1. The van der Waals surface area contributed by atoms with E-state index in [0.717, 1.165) is 10.4 Å². The molecule has 3 rings (SSSR count). The van der Waals surface area contributed by atoms with Crippen molar-refractivity contribution >= 4 is 50.8 Å². The number of nitrogens with zero attached hydrogens (tertiary/aromatic N) is 2. The molecule has 0 saturated carbocycles. The molecule has 1 aromatic carbocycles. The van der Waals surface area contributed by atoms with Gasteiger partial charge in [-0.05, 0) is 50.6 Å². The molecule has 28 heavy (non-hydrogen) atoms. The number of nitrogens with one attached hydrogen (secondary N) is 1. The van der Waals surface area contributed by atoms with Gasteiger partial charge in [0.1, 0.15) is 4.83 Å². The highest BCUT2D eigenvalue weighted by Gasteiger charge is 2.22. The van der Waals surface area contributed by atoms with Crippen LogP contribution in [0.5, 0.6) is 0 Å². The van der Waals surface area contributed by atoms with Crippen molar-refractivity contribution in [3.63, 3.8) is 0 Å². The topological polar surface area (TPSA) is 64.0 Å². The van der Waals surface area contributed by atoms with Gasteiger partial charge in [0.2, 0.25) is 5.91 Å². The number of aromatic nitrogens is 2. The molecular weight excluding hydrogens is 414 g/mol. The van der Waals surface area contributed by atoms with Crippen LogP contribution in [0, 0.1) is 13.8 Å². The lowest BCUT2D eigenvalue weighted by atomic mass is 10.2. The summed E-state index contributed by atoms with van der Waals surface area (Å²) in [4.78, 5) is 32.1. The van der Waals surface area contributed by atoms with Crippen LogP contribution in [-0.2, 0) is 4.79 Å². The van der Waals surface area contributed by atoms with E-state index in [9.17, 15) is 9.59 Å². The number of hydrogen-bond donors (Lipinski definition) is 1. The highest BCUT2D eigenvalue weighted by Crippen LogP contribution is 2.31. The summed E-state index contributed by atoms with van der Waals surface area (Å²) in [5, 5.41) is 4.02. The minimum atomic E-state index is -0.426. The molecule has 0 aliphatic rings. The summed E-state index contributed by atoms with van der Waals surface area (Å²) in [6, 6.07) is 7.01. The highest BCUT2D eigenvalue weighted by atomic mass is 35.5. The molecule has 5 nitrogen and oxygen atoms in total. The lowest BCUT2D eigenvalue weighted by molar-refractivity contribution is -0.120. The molecule has 0 aliphatic carbocycles. The van der Waals surface area contributed by atoms with E-state index in [1.165, 1.54) is 23.1 Å². The fourth-order valence-corrected chi connectivity index (χ4v) is 4.85. The molecule has 0 bridgehead atoms. The minimum absolute atomic E-state index is 0.138. The van der Waals surface area contributed by atoms with Gasteiger partial charge in [0.05, 0.1) is 16.3 Å². The van der Waals surface area contributed by atoms with E-state index in [1.54, 1.807) is 41.8 Å². The van der Waals surface area contributed by atoms with E-state index < -0.39 is 5.25 Å². The lowest BCUT2D eigenvalue weighted by Crippen LogP contribution is -2.32. The Labute approximate surface area is 176 Å². The summed E-state index contributed by atoms with van der Waals surface area (Å²) < 4.78 is 1.56. The number of hydrogen-bond acceptors (Lipinski definition) is 5. The van der Waals surface area contributed by atoms with Gasteiger partial charge in [0.15, 0.2) is 5.16 Å². The maximum atomic E-state index is 13.4. The van der Waals surface area contributed by atoms with Gasteiger partial charge in [-0.3, -0.25) is 14.2 Å². The monoisotopic (exact) mass is 433 g/mol. The number of halogens is 1. The number of benzene rings is 1. The Morgan fingerprint density at radius 1 is 1.39 bits per heavy atom. The summed E-state index contributed by atoms with van der Waals surface area (Å²) in [5.74, 6) is -0.138. The van der Waals surface area contributed by atoms with Crippen molar-refractivity contribution in [3.05, 3.63) is 62.7 Å². The Morgan fingerprint density at radius 3 is 2.71 bits per heavy atom. The standard InChI is InChI=1S/C20H20ClN3O2S2/c1-5-10-22-17(25)13(4)28-20-23-18-16(11(2)12(3)27-18)19(26)24(20)15-8-6-14(21)7-9-15/h5-9,13H,1,10H2,2-4H3,(H,22,25). The fraction of sp³-hybridized carbons (Fsp3) is 0.250. The van der Waals surface area contributed by atoms with Gasteiger partial charge >= 0.3 is 0 Å². The maximum Gasteiger partial charge on any atom is 0.267 e. The summed E-state index contributed by atoms with van der Waals surface area (Å²) in [5.41, 5.74) is 1.46. The van der Waals surface area contributed by atoms with Crippen molar-refractivity contribution in [2.75, 3.05) is 6.54 Å². The molecule has 0 aliphatic heterocycles. The van der Waals surface area contributed by atoms with Gasteiger partial charge in [0, 0.05) is 16.4 Å². The molecule has 0 fully saturated rings. The summed E-state index contributed by atoms with van der Waals surface area (Å²) in [6.07, 6.45) is 1.63. The normalized spacial score (nSPS) is 12.1. The third kappa shape index (κ3) is 4.01. The second-order valence-corrected chi connectivity index (χ2v) is 9.22. The average Bonchev–Trinajstić information content (AvgIpc) is 2.95. The molecule has 1 unspecified atom stereocenters. The van der Waals surface area contributed by atoms with Crippen molar-refractivity contribution in [1.29, 1.82) is 0 Å². The fourth-order valence-electron chi connectivity index (χ4n) is 2.70. The molecule has 2 heterocycles. The maximum absolute atomic E-state index is 13.4. The molecule has 1 amide bonds. The Kier molecular flexibility index (Phi) is 6.27. The van der Waals surface area contributed by atoms with Crippen LogP contribution in [0.2, 0.25) is 5.02 Å². The second-order valence-electron chi connectivity index (χ2n) is 6.27. The van der Waals surface area contributed by atoms with Gasteiger partial charge in [0.25, 0.3) is 5.56 Å². The van der Waals surface area contributed by atoms with Crippen LogP contribution in [0.15, 0.2) is 46.9 Å². The predicted octanol–water partition coefficient (Wildman–Crippen LogP) is 4.50. The van der Waals surface area contributed by atoms with Crippen LogP contribution in [0.3, 0.4) is 0 Å². The summed E-state index contributed by atoms with van der Waals surface area (Å²) >= 11 is 8.75. The van der Waals surface area contributed by atoms with Crippen molar-refractivity contribution < 1.29 is 4.79 Å². The smallest absolute Gasteiger partial charge is 0.267 e. The van der Waals surface area contributed by atoms with Gasteiger partial charge in [-0.25, -0.2) is 4.98 Å². The van der Waals surface area contributed by atoms with Crippen LogP contribution in [0.25, 0.3) is 15.9 Å². The molecule has 1 atom stereocenters. The van der Waals surface area contributed by atoms with Crippen molar-refractivity contribution in [2.24, 2.45) is 0 Å². The number of aryl methyl sites for hydroxylation is 2. The lowest BCUT2D eigenvalue weighted by Gasteiger charge is -2.15. The molecule has 146 valence electrons. The van der Waals surface area contributed by atoms with E-state index in [1.807, 2.05) is 13.8 Å². The van der Waals surface area contributed by atoms with Crippen LogP contribution in [0.4, 0.5) is 0 Å². The Bertz CT molecular complexity index is 1100. The molecular formula is C20H20ClN3O2S2. The summed E-state index contributed by atoms with van der Waals surface area (Å²) in [7, 11) is 0. The van der Waals surface area contributed by atoms with E-state index in [4.69, 9.17) is 16.6 Å². The van der Waals surface area contributed by atoms with E-state index >= 15 is 0 Å². The first-order valence-corrected chi connectivity index (χ1v) is 10.7. The van der Waals surface area contributed by atoms with Gasteiger partial charge in [-0.1, -0.05) is 29.4 Å². The minimum Gasteiger partial charge on any atom is -0.352 e. The molecule has 0 saturated heterocycles. The number of thiophene rings is 1. The van der Waals surface area contributed by atoms with Crippen LogP contribution < -0.4 is 10.9 Å². The first kappa shape index (κ1) is 20.6. The SMILES string of the molecule is C=CCNC(=O)C(C)Sc1nc2sc(C)c(C)c2c(=O)n1-c1ccc(Cl)cc1. The zero-order valence-corrected chi connectivity index (χ0v) is 18.2. The predicted molar refractivity (Wildman–Crippen MR) is 118 cm³/mol. The van der Waals surface area contributed by atoms with Crippen molar-refractivity contribution in [1.82, 2.24) is 14.9 Å². The molecule has 8 heteroatoms. The number of rotatable bonds is 6. The van der Waals surface area contributed by atoms with E-state index in [2.05, 4.69) is 11.9 Å². The van der Waals surface area contributed by atoms with Crippen molar-refractivity contribution in [3.8, 4) is 5.69 Å². The third-order valence-corrected chi connectivity index (χ3v) is 6.73. The largest absolute Gasteiger partial charge is 0.352 e. The Hall–Kier alpha value is -2.09. The summed E-state index contributed by atoms with van der Waals surface area (Å²) in [6.45, 7) is 9.70. The first-order chi connectivity index (χ1) is 13.3. The molecule has 0 radical (unpaired) electrons. The van der Waals surface area contributed by atoms with Crippen LogP contribution in [0.1, 0.15) is 17.4 Å². The van der Waals surface area contributed by atoms with Crippen LogP contribution >= 0.6 is 34.7 Å². The number of fused-ring (bicyclic) bond motifs is 1. The Balaban J connectivity index is 2.15. The Morgan fingerprint density at radius 2 is 2.07 bits per heavy atom. The van der Waals surface area contributed by atoms with E-state index in [0.29, 0.717) is 32.6 Å². The van der Waals surface area contributed by atoms with E-state index in [-0.39, 0.29) is 11.5 Å². The third-order valence-electron chi connectivity index (χ3n) is 4.33. The second kappa shape index (κ2) is 8.51. The van der Waals surface area contributed by atoms with Crippen molar-refractivity contribution in [2.45, 2.75) is 31.2 Å². The zero-order valence-electron chi connectivity index (χ0n) is 15.8. The molecule has 3 aromatic rings. The zero-order chi connectivity index (χ0) is 20.4. The first-order valence-electron chi connectivity index (χ1n) is 8.67. The molecule has 1 N–H and O–H groups in total. The highest BCUT2D eigenvalue weighted by molar-refractivity contribution is 8.00. The average molecular weight is 434 g/mol. The number of amides is 1. The quantitative estimate of drug-likeness (QED) is 0.353. The van der Waals surface area contributed by atoms with Gasteiger partial charge in [-0.2, -0.15) is 0 Å². The van der Waals surface area contributed by atoms with Gasteiger partial charge in [-0.15, -0.1) is 17.9 Å². The van der Waals surface area contributed by atoms with Gasteiger partial charge < -0.3 is 5.32 Å². The van der Waals surface area contributed by atoms with Crippen LogP contribution in [-0.4, -0.2) is 27.3 Å². The molecule has 0 spiro atoms.